The van der Waals surface area contributed by atoms with E-state index >= 15 is 0 Å². The van der Waals surface area contributed by atoms with Crippen LogP contribution in [0.5, 0.6) is 0 Å². The van der Waals surface area contributed by atoms with Crippen molar-refractivity contribution in [2.24, 2.45) is 5.92 Å². The first-order valence-electron chi connectivity index (χ1n) is 7.63. The van der Waals surface area contributed by atoms with Crippen molar-refractivity contribution < 1.29 is 0 Å². The van der Waals surface area contributed by atoms with E-state index in [1.54, 1.807) is 0 Å². The zero-order valence-electron chi connectivity index (χ0n) is 11.8. The largest absolute Gasteiger partial charge is 0.302 e. The Kier molecular flexibility index (Phi) is 5.46. The van der Waals surface area contributed by atoms with Gasteiger partial charge in [0.05, 0.1) is 12.0 Å². The average molecular weight is 249 g/mol. The Morgan fingerprint density at radius 3 is 2.56 bits per heavy atom. The van der Waals surface area contributed by atoms with Gasteiger partial charge in [-0.3, -0.25) is 0 Å². The number of nitriles is 1. The lowest BCUT2D eigenvalue weighted by Gasteiger charge is -2.31. The summed E-state index contributed by atoms with van der Waals surface area (Å²) in [5.41, 5.74) is 0. The Labute approximate surface area is 112 Å². The summed E-state index contributed by atoms with van der Waals surface area (Å²) in [6, 6.07) is 3.05. The second kappa shape index (κ2) is 7.11. The molecule has 0 spiro atoms. The zero-order chi connectivity index (χ0) is 12.8. The Morgan fingerprint density at radius 2 is 1.83 bits per heavy atom. The SMILES string of the molecule is CN(CCN1CCCC1)C1CCCCCC1C#N. The van der Waals surface area contributed by atoms with Crippen LogP contribution in [-0.4, -0.2) is 49.1 Å². The first-order chi connectivity index (χ1) is 8.81. The molecule has 0 N–H and O–H groups in total. The van der Waals surface area contributed by atoms with Crippen LogP contribution in [0.1, 0.15) is 44.9 Å². The third-order valence-corrected chi connectivity index (χ3v) is 4.68. The molecule has 0 bridgehead atoms. The summed E-state index contributed by atoms with van der Waals surface area (Å²) >= 11 is 0. The second-order valence-corrected chi connectivity index (χ2v) is 5.97. The fourth-order valence-corrected chi connectivity index (χ4v) is 3.44. The third kappa shape index (κ3) is 3.70. The molecule has 2 unspecified atom stereocenters. The van der Waals surface area contributed by atoms with E-state index in [4.69, 9.17) is 0 Å². The maximum absolute atomic E-state index is 9.33. The number of likely N-dealkylation sites (tertiary alicyclic amines) is 1. The molecule has 2 rings (SSSR count). The van der Waals surface area contributed by atoms with Gasteiger partial charge in [-0.25, -0.2) is 0 Å². The predicted molar refractivity (Wildman–Crippen MR) is 74.3 cm³/mol. The molecule has 2 aliphatic rings. The van der Waals surface area contributed by atoms with Gasteiger partial charge in [-0.05, 0) is 45.8 Å². The van der Waals surface area contributed by atoms with Gasteiger partial charge in [0.2, 0.25) is 0 Å². The molecule has 1 saturated carbocycles. The first-order valence-corrected chi connectivity index (χ1v) is 7.63. The highest BCUT2D eigenvalue weighted by Crippen LogP contribution is 2.26. The minimum Gasteiger partial charge on any atom is -0.302 e. The van der Waals surface area contributed by atoms with Crippen LogP contribution in [0.2, 0.25) is 0 Å². The topological polar surface area (TPSA) is 30.3 Å². The summed E-state index contributed by atoms with van der Waals surface area (Å²) < 4.78 is 0. The van der Waals surface area contributed by atoms with Gasteiger partial charge in [-0.2, -0.15) is 5.26 Å². The van der Waals surface area contributed by atoms with E-state index in [-0.39, 0.29) is 5.92 Å². The molecule has 102 valence electrons. The monoisotopic (exact) mass is 249 g/mol. The number of likely N-dealkylation sites (N-methyl/N-ethyl adjacent to an activating group) is 1. The van der Waals surface area contributed by atoms with Gasteiger partial charge in [0.15, 0.2) is 0 Å². The molecule has 1 aliphatic carbocycles. The number of hydrogen-bond donors (Lipinski definition) is 0. The van der Waals surface area contributed by atoms with Gasteiger partial charge in [0.25, 0.3) is 0 Å². The van der Waals surface area contributed by atoms with E-state index in [1.807, 2.05) is 0 Å². The second-order valence-electron chi connectivity index (χ2n) is 5.97. The van der Waals surface area contributed by atoms with Crippen molar-refractivity contribution in [3.05, 3.63) is 0 Å². The summed E-state index contributed by atoms with van der Waals surface area (Å²) in [7, 11) is 2.22. The fourth-order valence-electron chi connectivity index (χ4n) is 3.44. The molecule has 18 heavy (non-hydrogen) atoms. The number of nitrogens with zero attached hydrogens (tertiary/aromatic N) is 3. The van der Waals surface area contributed by atoms with Gasteiger partial charge in [-0.15, -0.1) is 0 Å². The minimum atomic E-state index is 0.260. The standard InChI is InChI=1S/C15H27N3/c1-17(11-12-18-9-5-6-10-18)15-8-4-2-3-7-14(15)13-16/h14-15H,2-12H2,1H3. The van der Waals surface area contributed by atoms with Crippen LogP contribution in [0.3, 0.4) is 0 Å². The molecule has 1 aliphatic heterocycles. The lowest BCUT2D eigenvalue weighted by molar-refractivity contribution is 0.168. The maximum atomic E-state index is 9.33. The molecule has 2 fully saturated rings. The summed E-state index contributed by atoms with van der Waals surface area (Å²) in [6.07, 6.45) is 8.92. The quantitative estimate of drug-likeness (QED) is 0.717. The van der Waals surface area contributed by atoms with Gasteiger partial charge < -0.3 is 9.80 Å². The number of rotatable bonds is 4. The van der Waals surface area contributed by atoms with Crippen molar-refractivity contribution in [1.29, 1.82) is 5.26 Å². The Morgan fingerprint density at radius 1 is 1.11 bits per heavy atom. The first kappa shape index (κ1) is 13.8. The van der Waals surface area contributed by atoms with Gasteiger partial charge in [0.1, 0.15) is 0 Å². The molecule has 1 heterocycles. The lowest BCUT2D eigenvalue weighted by Crippen LogP contribution is -2.41. The molecule has 3 nitrogen and oxygen atoms in total. The van der Waals surface area contributed by atoms with Crippen LogP contribution < -0.4 is 0 Å². The van der Waals surface area contributed by atoms with Crippen molar-refractivity contribution in [1.82, 2.24) is 9.80 Å². The summed E-state index contributed by atoms with van der Waals surface area (Å²) in [4.78, 5) is 5.02. The Hall–Kier alpha value is -0.590. The molecule has 1 saturated heterocycles. The summed E-state index contributed by atoms with van der Waals surface area (Å²) in [6.45, 7) is 4.87. The van der Waals surface area contributed by atoms with E-state index in [0.717, 1.165) is 13.0 Å². The van der Waals surface area contributed by atoms with Gasteiger partial charge in [-0.1, -0.05) is 19.3 Å². The van der Waals surface area contributed by atoms with Crippen LogP contribution in [-0.2, 0) is 0 Å². The van der Waals surface area contributed by atoms with E-state index < -0.39 is 0 Å². The maximum Gasteiger partial charge on any atom is 0.0672 e. The van der Waals surface area contributed by atoms with Crippen LogP contribution >= 0.6 is 0 Å². The fraction of sp³-hybridized carbons (Fsp3) is 0.933. The molecule has 0 aromatic heterocycles. The molecule has 0 amide bonds. The van der Waals surface area contributed by atoms with Crippen molar-refractivity contribution in [3.8, 4) is 6.07 Å². The zero-order valence-corrected chi connectivity index (χ0v) is 11.8. The molecular weight excluding hydrogens is 222 g/mol. The van der Waals surface area contributed by atoms with Crippen LogP contribution in [0, 0.1) is 17.2 Å². The van der Waals surface area contributed by atoms with Gasteiger partial charge >= 0.3 is 0 Å². The van der Waals surface area contributed by atoms with Crippen molar-refractivity contribution in [3.63, 3.8) is 0 Å². The Bertz CT molecular complexity index is 278. The highest BCUT2D eigenvalue weighted by atomic mass is 15.2. The van der Waals surface area contributed by atoms with Crippen LogP contribution in [0.25, 0.3) is 0 Å². The summed E-state index contributed by atoms with van der Waals surface area (Å²) in [5, 5.41) is 9.33. The van der Waals surface area contributed by atoms with E-state index in [0.29, 0.717) is 6.04 Å². The van der Waals surface area contributed by atoms with E-state index in [9.17, 15) is 5.26 Å². The summed E-state index contributed by atoms with van der Waals surface area (Å²) in [5.74, 6) is 0.260. The Balaban J connectivity index is 1.81. The molecule has 3 heteroatoms. The molecule has 0 aromatic rings. The van der Waals surface area contributed by atoms with Crippen LogP contribution in [0.15, 0.2) is 0 Å². The van der Waals surface area contributed by atoms with Gasteiger partial charge in [0, 0.05) is 19.1 Å². The molecule has 0 aromatic carbocycles. The lowest BCUT2D eigenvalue weighted by atomic mass is 9.95. The highest BCUT2D eigenvalue weighted by molar-refractivity contribution is 4.94. The number of hydrogen-bond acceptors (Lipinski definition) is 3. The minimum absolute atomic E-state index is 0.260. The van der Waals surface area contributed by atoms with Crippen molar-refractivity contribution in [2.45, 2.75) is 51.0 Å². The van der Waals surface area contributed by atoms with Crippen molar-refractivity contribution >= 4 is 0 Å². The van der Waals surface area contributed by atoms with E-state index in [2.05, 4.69) is 22.9 Å². The molecule has 0 radical (unpaired) electrons. The van der Waals surface area contributed by atoms with E-state index in [1.165, 1.54) is 58.2 Å². The molecule has 2 atom stereocenters. The highest BCUT2D eigenvalue weighted by Gasteiger charge is 2.27. The average Bonchev–Trinajstić information content (AvgIpc) is 2.79. The normalized spacial score (nSPS) is 30.3. The predicted octanol–water partition coefficient (Wildman–Crippen LogP) is 2.49. The van der Waals surface area contributed by atoms with Crippen molar-refractivity contribution in [2.75, 3.05) is 33.2 Å². The smallest absolute Gasteiger partial charge is 0.0672 e. The molecular formula is C15H27N3. The van der Waals surface area contributed by atoms with Crippen LogP contribution in [0.4, 0.5) is 0 Å². The third-order valence-electron chi connectivity index (χ3n) is 4.68.